The number of H-pyrrole nitrogens is 1. The van der Waals surface area contributed by atoms with Gasteiger partial charge in [-0.25, -0.2) is 13.8 Å². The number of benzene rings is 2. The van der Waals surface area contributed by atoms with Crippen LogP contribution in [0.15, 0.2) is 47.3 Å². The summed E-state index contributed by atoms with van der Waals surface area (Å²) in [4.78, 5) is 30.7. The van der Waals surface area contributed by atoms with Crippen LogP contribution in [0.4, 0.5) is 14.5 Å². The summed E-state index contributed by atoms with van der Waals surface area (Å²) in [5.74, 6) is -1.52. The first kappa shape index (κ1) is 15.8. The lowest BCUT2D eigenvalue weighted by Gasteiger charge is -2.07. The first-order valence-electron chi connectivity index (χ1n) is 7.26. The van der Waals surface area contributed by atoms with Crippen molar-refractivity contribution in [3.8, 4) is 0 Å². The molecule has 0 aliphatic rings. The molecule has 5 nitrogen and oxygen atoms in total. The fraction of sp³-hybridized carbons (Fsp3) is 0.118. The van der Waals surface area contributed by atoms with E-state index >= 15 is 0 Å². The van der Waals surface area contributed by atoms with E-state index in [1.54, 1.807) is 24.3 Å². The predicted octanol–water partition coefficient (Wildman–Crippen LogP) is 2.77. The van der Waals surface area contributed by atoms with Gasteiger partial charge in [0.05, 0.1) is 16.6 Å². The van der Waals surface area contributed by atoms with Crippen molar-refractivity contribution in [2.75, 3.05) is 5.32 Å². The third kappa shape index (κ3) is 3.45. The second-order valence-corrected chi connectivity index (χ2v) is 5.20. The number of aryl methyl sites for hydroxylation is 1. The lowest BCUT2D eigenvalue weighted by Crippen LogP contribution is -2.16. The highest BCUT2D eigenvalue weighted by Gasteiger charge is 2.10. The summed E-state index contributed by atoms with van der Waals surface area (Å²) in [6.45, 7) is 0. The zero-order chi connectivity index (χ0) is 17.1. The van der Waals surface area contributed by atoms with Crippen molar-refractivity contribution in [2.45, 2.75) is 12.8 Å². The van der Waals surface area contributed by atoms with E-state index in [-0.39, 0.29) is 24.1 Å². The minimum absolute atomic E-state index is 0.0305. The number of fused-ring (bicyclic) bond motifs is 1. The highest BCUT2D eigenvalue weighted by atomic mass is 19.1. The summed E-state index contributed by atoms with van der Waals surface area (Å²) in [6.07, 6.45) is 0.139. The van der Waals surface area contributed by atoms with Crippen LogP contribution < -0.4 is 10.9 Å². The molecule has 0 radical (unpaired) electrons. The van der Waals surface area contributed by atoms with Crippen LogP contribution in [-0.2, 0) is 11.2 Å². The number of nitrogens with zero attached hydrogens (tertiary/aromatic N) is 1. The minimum Gasteiger partial charge on any atom is -0.324 e. The Kier molecular flexibility index (Phi) is 4.33. The maximum absolute atomic E-state index is 13.5. The number of nitrogens with one attached hydrogen (secondary N) is 2. The van der Waals surface area contributed by atoms with Gasteiger partial charge in [-0.15, -0.1) is 0 Å². The monoisotopic (exact) mass is 329 g/mol. The number of aromatic amines is 1. The number of rotatable bonds is 4. The Bertz CT molecular complexity index is 969. The highest BCUT2D eigenvalue weighted by Crippen LogP contribution is 2.15. The van der Waals surface area contributed by atoms with E-state index in [0.717, 1.165) is 18.2 Å². The van der Waals surface area contributed by atoms with Gasteiger partial charge in [0.1, 0.15) is 17.5 Å². The van der Waals surface area contributed by atoms with E-state index in [9.17, 15) is 18.4 Å². The fourth-order valence-corrected chi connectivity index (χ4v) is 2.29. The lowest BCUT2D eigenvalue weighted by atomic mass is 10.2. The Morgan fingerprint density at radius 2 is 1.96 bits per heavy atom. The first-order chi connectivity index (χ1) is 11.5. The Morgan fingerprint density at radius 1 is 1.17 bits per heavy atom. The topological polar surface area (TPSA) is 74.8 Å². The van der Waals surface area contributed by atoms with Crippen LogP contribution in [0, 0.1) is 11.6 Å². The molecular weight excluding hydrogens is 316 g/mol. The van der Waals surface area contributed by atoms with Gasteiger partial charge in [0, 0.05) is 18.9 Å². The summed E-state index contributed by atoms with van der Waals surface area (Å²) >= 11 is 0. The zero-order valence-corrected chi connectivity index (χ0v) is 12.5. The van der Waals surface area contributed by atoms with E-state index in [2.05, 4.69) is 15.3 Å². The van der Waals surface area contributed by atoms with Crippen LogP contribution in [0.3, 0.4) is 0 Å². The molecule has 3 rings (SSSR count). The molecule has 0 unspecified atom stereocenters. The molecule has 1 heterocycles. The summed E-state index contributed by atoms with van der Waals surface area (Å²) in [7, 11) is 0. The largest absolute Gasteiger partial charge is 0.324 e. The summed E-state index contributed by atoms with van der Waals surface area (Å²) in [5.41, 5.74) is 0.0278. The lowest BCUT2D eigenvalue weighted by molar-refractivity contribution is -0.116. The van der Waals surface area contributed by atoms with E-state index < -0.39 is 17.5 Å². The van der Waals surface area contributed by atoms with E-state index in [4.69, 9.17) is 0 Å². The number of hydrogen-bond acceptors (Lipinski definition) is 3. The Hall–Kier alpha value is -3.09. The van der Waals surface area contributed by atoms with Crippen molar-refractivity contribution >= 4 is 22.5 Å². The van der Waals surface area contributed by atoms with Gasteiger partial charge < -0.3 is 10.3 Å². The van der Waals surface area contributed by atoms with Crippen LogP contribution >= 0.6 is 0 Å². The van der Waals surface area contributed by atoms with Crippen LogP contribution in [0.25, 0.3) is 10.9 Å². The second-order valence-electron chi connectivity index (χ2n) is 5.20. The van der Waals surface area contributed by atoms with Crippen LogP contribution in [0.2, 0.25) is 0 Å². The molecule has 7 heteroatoms. The first-order valence-corrected chi connectivity index (χ1v) is 7.26. The number of aromatic nitrogens is 2. The summed E-state index contributed by atoms with van der Waals surface area (Å²) in [6, 6.07) is 9.67. The van der Waals surface area contributed by atoms with Gasteiger partial charge in [0.25, 0.3) is 5.56 Å². The molecule has 0 saturated heterocycles. The number of hydrogen-bond donors (Lipinski definition) is 2. The van der Waals surface area contributed by atoms with Crippen LogP contribution in [-0.4, -0.2) is 15.9 Å². The van der Waals surface area contributed by atoms with Gasteiger partial charge in [-0.3, -0.25) is 9.59 Å². The smallest absolute Gasteiger partial charge is 0.258 e. The van der Waals surface area contributed by atoms with Crippen molar-refractivity contribution in [3.63, 3.8) is 0 Å². The number of para-hydroxylation sites is 1. The molecule has 0 saturated carbocycles. The number of halogens is 2. The maximum Gasteiger partial charge on any atom is 0.258 e. The highest BCUT2D eigenvalue weighted by molar-refractivity contribution is 5.90. The Morgan fingerprint density at radius 3 is 2.79 bits per heavy atom. The quantitative estimate of drug-likeness (QED) is 0.773. The standard InChI is InChI=1S/C17H13F2N3O2/c18-10-5-6-12(19)14(9-10)21-16(23)8-7-15-20-13-4-2-1-3-11(13)17(24)22-15/h1-6,9H,7-8H2,(H,21,23)(H,20,22,24). The second kappa shape index (κ2) is 6.57. The maximum atomic E-state index is 13.5. The molecular formula is C17H13F2N3O2. The molecule has 0 fully saturated rings. The number of amides is 1. The van der Waals surface area contributed by atoms with Crippen molar-refractivity contribution in [2.24, 2.45) is 0 Å². The van der Waals surface area contributed by atoms with Gasteiger partial charge in [-0.2, -0.15) is 0 Å². The SMILES string of the molecule is O=C(CCc1nc2ccccc2c(=O)[nH]1)Nc1cc(F)ccc1F. The Balaban J connectivity index is 1.70. The third-order valence-electron chi connectivity index (χ3n) is 3.45. The van der Waals surface area contributed by atoms with Crippen LogP contribution in [0.1, 0.15) is 12.2 Å². The van der Waals surface area contributed by atoms with Gasteiger partial charge in [-0.05, 0) is 24.3 Å². The van der Waals surface area contributed by atoms with E-state index in [1.165, 1.54) is 0 Å². The molecule has 0 aliphatic heterocycles. The normalized spacial score (nSPS) is 10.8. The average Bonchev–Trinajstić information content (AvgIpc) is 2.56. The van der Waals surface area contributed by atoms with Gasteiger partial charge in [0.15, 0.2) is 0 Å². The molecule has 1 amide bonds. The number of carbonyl (C=O) groups is 1. The van der Waals surface area contributed by atoms with Gasteiger partial charge >= 0.3 is 0 Å². The van der Waals surface area contributed by atoms with Crippen molar-refractivity contribution in [1.29, 1.82) is 0 Å². The predicted molar refractivity (Wildman–Crippen MR) is 85.7 cm³/mol. The molecule has 0 aliphatic carbocycles. The summed E-state index contributed by atoms with van der Waals surface area (Å²) in [5, 5.41) is 2.76. The van der Waals surface area contributed by atoms with Gasteiger partial charge in [-0.1, -0.05) is 12.1 Å². The fourth-order valence-electron chi connectivity index (χ4n) is 2.29. The minimum atomic E-state index is -0.720. The molecule has 24 heavy (non-hydrogen) atoms. The average molecular weight is 329 g/mol. The van der Waals surface area contributed by atoms with E-state index in [1.807, 2.05) is 0 Å². The Labute approximate surface area is 135 Å². The zero-order valence-electron chi connectivity index (χ0n) is 12.5. The molecule has 122 valence electrons. The van der Waals surface area contributed by atoms with Gasteiger partial charge in [0.2, 0.25) is 5.91 Å². The molecule has 0 bridgehead atoms. The molecule has 0 atom stereocenters. The molecule has 2 N–H and O–H groups in total. The van der Waals surface area contributed by atoms with Crippen LogP contribution in [0.5, 0.6) is 0 Å². The van der Waals surface area contributed by atoms with E-state index in [0.29, 0.717) is 16.7 Å². The number of anilines is 1. The molecule has 1 aromatic heterocycles. The molecule has 3 aromatic rings. The van der Waals surface area contributed by atoms with Crippen molar-refractivity contribution in [1.82, 2.24) is 9.97 Å². The third-order valence-corrected chi connectivity index (χ3v) is 3.45. The van der Waals surface area contributed by atoms with Crippen molar-refractivity contribution < 1.29 is 13.6 Å². The summed E-state index contributed by atoms with van der Waals surface area (Å²) < 4.78 is 26.6. The number of carbonyl (C=O) groups excluding carboxylic acids is 1. The molecule has 2 aromatic carbocycles. The molecule has 0 spiro atoms. The van der Waals surface area contributed by atoms with Crippen molar-refractivity contribution in [3.05, 3.63) is 70.3 Å².